The number of nitrogens with zero attached hydrogens (tertiary/aromatic N) is 3. The van der Waals surface area contributed by atoms with E-state index in [-0.39, 0.29) is 29.4 Å². The first-order valence-corrected chi connectivity index (χ1v) is 10.7. The second-order valence-electron chi connectivity index (χ2n) is 8.85. The highest BCUT2D eigenvalue weighted by Crippen LogP contribution is 2.52. The molecule has 7 heteroatoms. The second-order valence-corrected chi connectivity index (χ2v) is 8.85. The Morgan fingerprint density at radius 3 is 2.77 bits per heavy atom. The molecule has 3 atom stereocenters. The average Bonchev–Trinajstić information content (AvgIpc) is 3.29. The monoisotopic (exact) mass is 523 g/mol. The van der Waals surface area contributed by atoms with Crippen molar-refractivity contribution in [3.8, 4) is 5.69 Å². The molecule has 1 aromatic heterocycles. The highest BCUT2D eigenvalue weighted by molar-refractivity contribution is 14.0. The zero-order chi connectivity index (χ0) is 20.6. The fourth-order valence-corrected chi connectivity index (χ4v) is 4.97. The van der Waals surface area contributed by atoms with Gasteiger partial charge in [-0.2, -0.15) is 5.10 Å². The quantitative estimate of drug-likeness (QED) is 0.354. The minimum atomic E-state index is 0. The summed E-state index contributed by atoms with van der Waals surface area (Å²) in [5, 5.41) is 11.8. The van der Waals surface area contributed by atoms with Gasteiger partial charge in [-0.25, -0.2) is 9.67 Å². The standard InChI is InChI=1S/C23H33N5O.HI/c1-6-24-22(26-20-18-11-12-29-21(18)23(20,4)5)25-14-17-9-7-8-10-19(17)28-16(3)13-15(2)27-28;/h7-10,13,18,20-21H,6,11-12,14H2,1-5H3,(H2,24,25,26);1H. The van der Waals surface area contributed by atoms with Crippen LogP contribution in [0.2, 0.25) is 0 Å². The minimum absolute atomic E-state index is 0. The highest BCUT2D eigenvalue weighted by Gasteiger charge is 2.59. The first-order chi connectivity index (χ1) is 13.9. The van der Waals surface area contributed by atoms with Crippen LogP contribution in [0.1, 0.15) is 44.1 Å². The molecule has 1 aliphatic heterocycles. The second kappa shape index (κ2) is 9.26. The van der Waals surface area contributed by atoms with E-state index in [9.17, 15) is 0 Å². The van der Waals surface area contributed by atoms with Gasteiger partial charge in [0.05, 0.1) is 24.0 Å². The fourth-order valence-electron chi connectivity index (χ4n) is 4.97. The van der Waals surface area contributed by atoms with Crippen molar-refractivity contribution in [2.75, 3.05) is 13.2 Å². The number of ether oxygens (including phenoxy) is 1. The summed E-state index contributed by atoms with van der Waals surface area (Å²) in [4.78, 5) is 4.92. The molecule has 0 bridgehead atoms. The van der Waals surface area contributed by atoms with E-state index in [2.05, 4.69) is 73.8 Å². The molecule has 0 radical (unpaired) electrons. The van der Waals surface area contributed by atoms with Crippen molar-refractivity contribution in [1.82, 2.24) is 20.4 Å². The average molecular weight is 523 g/mol. The van der Waals surface area contributed by atoms with Gasteiger partial charge in [0.2, 0.25) is 0 Å². The van der Waals surface area contributed by atoms with Crippen LogP contribution >= 0.6 is 24.0 Å². The fraction of sp³-hybridized carbons (Fsp3) is 0.565. The van der Waals surface area contributed by atoms with Gasteiger partial charge >= 0.3 is 0 Å². The number of para-hydroxylation sites is 1. The number of benzene rings is 1. The molecule has 2 aliphatic rings. The first kappa shape index (κ1) is 23.1. The van der Waals surface area contributed by atoms with Gasteiger partial charge in [-0.15, -0.1) is 24.0 Å². The number of aryl methyl sites for hydroxylation is 2. The van der Waals surface area contributed by atoms with E-state index in [1.54, 1.807) is 0 Å². The molecule has 2 heterocycles. The zero-order valence-corrected chi connectivity index (χ0v) is 20.9. The number of hydrogen-bond donors (Lipinski definition) is 2. The number of hydrogen-bond acceptors (Lipinski definition) is 3. The van der Waals surface area contributed by atoms with Crippen molar-refractivity contribution >= 4 is 29.9 Å². The molecule has 6 nitrogen and oxygen atoms in total. The van der Waals surface area contributed by atoms with Gasteiger partial charge in [0, 0.05) is 36.2 Å². The van der Waals surface area contributed by atoms with Crippen molar-refractivity contribution in [3.05, 3.63) is 47.3 Å². The molecule has 0 spiro atoms. The Morgan fingerprint density at radius 1 is 1.30 bits per heavy atom. The summed E-state index contributed by atoms with van der Waals surface area (Å²) >= 11 is 0. The number of fused-ring (bicyclic) bond motifs is 1. The van der Waals surface area contributed by atoms with E-state index in [4.69, 9.17) is 9.73 Å². The largest absolute Gasteiger partial charge is 0.377 e. The summed E-state index contributed by atoms with van der Waals surface area (Å²) in [5.74, 6) is 1.45. The first-order valence-electron chi connectivity index (χ1n) is 10.7. The van der Waals surface area contributed by atoms with E-state index < -0.39 is 0 Å². The van der Waals surface area contributed by atoms with Crippen LogP contribution < -0.4 is 10.6 Å². The summed E-state index contributed by atoms with van der Waals surface area (Å²) in [6.45, 7) is 13.1. The van der Waals surface area contributed by atoms with Crippen LogP contribution in [0.4, 0.5) is 0 Å². The molecule has 1 saturated carbocycles. The van der Waals surface area contributed by atoms with E-state index >= 15 is 0 Å². The van der Waals surface area contributed by atoms with Gasteiger partial charge in [0.25, 0.3) is 0 Å². The topological polar surface area (TPSA) is 63.5 Å². The predicted octanol–water partition coefficient (Wildman–Crippen LogP) is 3.98. The highest BCUT2D eigenvalue weighted by atomic mass is 127. The van der Waals surface area contributed by atoms with Gasteiger partial charge in [-0.05, 0) is 44.9 Å². The van der Waals surface area contributed by atoms with Crippen molar-refractivity contribution in [1.29, 1.82) is 0 Å². The third kappa shape index (κ3) is 4.23. The van der Waals surface area contributed by atoms with Crippen LogP contribution in [0, 0.1) is 25.2 Å². The molecule has 30 heavy (non-hydrogen) atoms. The molecule has 2 fully saturated rings. The number of nitrogens with one attached hydrogen (secondary N) is 2. The van der Waals surface area contributed by atoms with Gasteiger partial charge in [0.15, 0.2) is 5.96 Å². The molecule has 1 aromatic carbocycles. The summed E-state index contributed by atoms with van der Waals surface area (Å²) in [6, 6.07) is 10.9. The lowest BCUT2D eigenvalue weighted by molar-refractivity contribution is -0.106. The Hall–Kier alpha value is -1.61. The van der Waals surface area contributed by atoms with Crippen LogP contribution in [-0.4, -0.2) is 41.0 Å². The Balaban J connectivity index is 0.00000256. The minimum Gasteiger partial charge on any atom is -0.377 e. The summed E-state index contributed by atoms with van der Waals surface area (Å²) in [5.41, 5.74) is 4.53. The number of guanidine groups is 1. The molecule has 164 valence electrons. The molecule has 2 aromatic rings. The van der Waals surface area contributed by atoms with Crippen LogP contribution in [0.25, 0.3) is 5.69 Å². The predicted molar refractivity (Wildman–Crippen MR) is 132 cm³/mol. The molecule has 1 saturated heterocycles. The smallest absolute Gasteiger partial charge is 0.191 e. The van der Waals surface area contributed by atoms with Crippen LogP contribution in [0.3, 0.4) is 0 Å². The van der Waals surface area contributed by atoms with Gasteiger partial charge < -0.3 is 15.4 Å². The molecule has 4 rings (SSSR count). The Morgan fingerprint density at radius 2 is 2.07 bits per heavy atom. The molecular weight excluding hydrogens is 489 g/mol. The number of aliphatic imine (C=N–C) groups is 1. The van der Waals surface area contributed by atoms with Crippen LogP contribution in [-0.2, 0) is 11.3 Å². The Labute approximate surface area is 196 Å². The molecule has 1 aliphatic carbocycles. The Bertz CT molecular complexity index is 907. The summed E-state index contributed by atoms with van der Waals surface area (Å²) in [6.07, 6.45) is 1.50. The van der Waals surface area contributed by atoms with Crippen molar-refractivity contribution < 1.29 is 4.74 Å². The van der Waals surface area contributed by atoms with Crippen molar-refractivity contribution in [3.63, 3.8) is 0 Å². The summed E-state index contributed by atoms with van der Waals surface area (Å²) in [7, 11) is 0. The Kier molecular flexibility index (Phi) is 7.12. The maximum atomic E-state index is 5.94. The third-order valence-corrected chi connectivity index (χ3v) is 6.37. The van der Waals surface area contributed by atoms with Crippen molar-refractivity contribution in [2.45, 2.75) is 59.7 Å². The lowest BCUT2D eigenvalue weighted by Crippen LogP contribution is -2.67. The summed E-state index contributed by atoms with van der Waals surface area (Å²) < 4.78 is 7.95. The van der Waals surface area contributed by atoms with Gasteiger partial charge in [0.1, 0.15) is 0 Å². The number of rotatable bonds is 5. The van der Waals surface area contributed by atoms with Gasteiger partial charge in [-0.3, -0.25) is 0 Å². The lowest BCUT2D eigenvalue weighted by atomic mass is 9.57. The third-order valence-electron chi connectivity index (χ3n) is 6.37. The maximum Gasteiger partial charge on any atom is 0.191 e. The lowest BCUT2D eigenvalue weighted by Gasteiger charge is -2.54. The van der Waals surface area contributed by atoms with E-state index in [1.165, 1.54) is 0 Å². The molecule has 0 amide bonds. The zero-order valence-electron chi connectivity index (χ0n) is 18.6. The SMILES string of the molecule is CCNC(=NCc1ccccc1-n1nc(C)cc1C)NC1C2CCOC2C1(C)C.I. The normalized spacial score (nSPS) is 24.6. The molecule has 3 unspecified atom stereocenters. The molecular formula is C23H34IN5O. The van der Waals surface area contributed by atoms with E-state index in [0.29, 0.717) is 24.6 Å². The van der Waals surface area contributed by atoms with Gasteiger partial charge in [-0.1, -0.05) is 32.0 Å². The van der Waals surface area contributed by atoms with E-state index in [1.807, 2.05) is 11.6 Å². The van der Waals surface area contributed by atoms with Crippen LogP contribution in [0.5, 0.6) is 0 Å². The van der Waals surface area contributed by atoms with Crippen LogP contribution in [0.15, 0.2) is 35.3 Å². The number of halogens is 1. The van der Waals surface area contributed by atoms with E-state index in [0.717, 1.165) is 48.2 Å². The van der Waals surface area contributed by atoms with Crippen molar-refractivity contribution in [2.24, 2.45) is 16.3 Å². The number of aromatic nitrogens is 2. The maximum absolute atomic E-state index is 5.94. The molecule has 2 N–H and O–H groups in total.